The largest absolute Gasteiger partial charge is 0.493 e. The fourth-order valence-electron chi connectivity index (χ4n) is 2.82. The summed E-state index contributed by atoms with van der Waals surface area (Å²) >= 11 is 0. The molecule has 0 fully saturated rings. The molecule has 1 aliphatic rings. The van der Waals surface area contributed by atoms with E-state index in [1.807, 2.05) is 42.5 Å². The molecule has 0 saturated heterocycles. The number of nitrogens with two attached hydrogens (primary N) is 1. The van der Waals surface area contributed by atoms with E-state index in [0.717, 1.165) is 29.7 Å². The van der Waals surface area contributed by atoms with Crippen molar-refractivity contribution >= 4 is 29.9 Å². The van der Waals surface area contributed by atoms with Gasteiger partial charge in [-0.25, -0.2) is 0 Å². The number of hydrogen-bond acceptors (Lipinski definition) is 3. The van der Waals surface area contributed by atoms with Gasteiger partial charge >= 0.3 is 0 Å². The highest BCUT2D eigenvalue weighted by atomic mass is 127. The highest BCUT2D eigenvalue weighted by molar-refractivity contribution is 14.0. The Hall–Kier alpha value is -2.27. The quantitative estimate of drug-likeness (QED) is 0.428. The third-order valence-electron chi connectivity index (χ3n) is 4.02. The zero-order chi connectivity index (χ0) is 16.8. The second-order valence-corrected chi connectivity index (χ2v) is 5.70. The van der Waals surface area contributed by atoms with Crippen molar-refractivity contribution in [1.29, 1.82) is 5.26 Å². The van der Waals surface area contributed by atoms with Gasteiger partial charge in [0.2, 0.25) is 0 Å². The van der Waals surface area contributed by atoms with Crippen molar-refractivity contribution in [2.75, 3.05) is 13.2 Å². The molecule has 0 spiro atoms. The van der Waals surface area contributed by atoms with E-state index in [2.05, 4.69) is 16.4 Å². The van der Waals surface area contributed by atoms with Crippen molar-refractivity contribution in [3.8, 4) is 11.8 Å². The van der Waals surface area contributed by atoms with Crippen LogP contribution in [-0.2, 0) is 6.42 Å². The van der Waals surface area contributed by atoms with Crippen molar-refractivity contribution in [2.45, 2.75) is 18.9 Å². The molecule has 25 heavy (non-hydrogen) atoms. The number of aliphatic imine (C=N–C) groups is 1. The number of nitrogens with zero attached hydrogens (tertiary/aromatic N) is 2. The molecule has 0 radical (unpaired) electrons. The summed E-state index contributed by atoms with van der Waals surface area (Å²) in [7, 11) is 0. The molecule has 0 aliphatic carbocycles. The van der Waals surface area contributed by atoms with Gasteiger partial charge in [-0.05, 0) is 30.2 Å². The first-order valence-corrected chi connectivity index (χ1v) is 8.03. The van der Waals surface area contributed by atoms with E-state index < -0.39 is 0 Å². The lowest BCUT2D eigenvalue weighted by Crippen LogP contribution is -2.37. The van der Waals surface area contributed by atoms with Crippen LogP contribution in [0.1, 0.15) is 29.2 Å². The van der Waals surface area contributed by atoms with E-state index in [1.165, 1.54) is 0 Å². The minimum atomic E-state index is 0. The van der Waals surface area contributed by atoms with Gasteiger partial charge in [0.25, 0.3) is 0 Å². The van der Waals surface area contributed by atoms with Crippen LogP contribution in [0.25, 0.3) is 0 Å². The van der Waals surface area contributed by atoms with Gasteiger partial charge in [0.05, 0.1) is 24.3 Å². The van der Waals surface area contributed by atoms with E-state index in [1.54, 1.807) is 6.07 Å². The van der Waals surface area contributed by atoms with Gasteiger partial charge in [-0.1, -0.05) is 30.3 Å². The van der Waals surface area contributed by atoms with E-state index in [4.69, 9.17) is 15.7 Å². The molecule has 0 bridgehead atoms. The third kappa shape index (κ3) is 5.10. The number of fused-ring (bicyclic) bond motifs is 1. The summed E-state index contributed by atoms with van der Waals surface area (Å²) in [6.07, 6.45) is 1.61. The molecule has 2 aromatic carbocycles. The number of nitriles is 1. The highest BCUT2D eigenvalue weighted by Crippen LogP contribution is 2.31. The van der Waals surface area contributed by atoms with Gasteiger partial charge in [0, 0.05) is 18.5 Å². The number of guanidine groups is 1. The molecule has 6 heteroatoms. The predicted octanol–water partition coefficient (Wildman–Crippen LogP) is 3.15. The minimum absolute atomic E-state index is 0. The lowest BCUT2D eigenvalue weighted by Gasteiger charge is -2.26. The number of ether oxygens (including phenoxy) is 1. The maximum Gasteiger partial charge on any atom is 0.189 e. The molecule has 3 rings (SSSR count). The van der Waals surface area contributed by atoms with Gasteiger partial charge in [-0.2, -0.15) is 5.26 Å². The monoisotopic (exact) mass is 448 g/mol. The number of para-hydroxylation sites is 1. The topological polar surface area (TPSA) is 83.4 Å². The van der Waals surface area contributed by atoms with Gasteiger partial charge in [0.1, 0.15) is 5.75 Å². The molecule has 0 amide bonds. The molecule has 2 aromatic rings. The molecule has 5 nitrogen and oxygen atoms in total. The summed E-state index contributed by atoms with van der Waals surface area (Å²) in [4.78, 5) is 4.40. The average molecular weight is 448 g/mol. The third-order valence-corrected chi connectivity index (χ3v) is 4.02. The Kier molecular flexibility index (Phi) is 7.07. The maximum atomic E-state index is 8.92. The van der Waals surface area contributed by atoms with Gasteiger partial charge < -0.3 is 15.8 Å². The lowest BCUT2D eigenvalue weighted by atomic mass is 10.0. The molecule has 1 aliphatic heterocycles. The molecule has 130 valence electrons. The summed E-state index contributed by atoms with van der Waals surface area (Å²) in [5.41, 5.74) is 8.90. The summed E-state index contributed by atoms with van der Waals surface area (Å²) < 4.78 is 5.65. The Labute approximate surface area is 164 Å². The standard InChI is InChI=1S/C19H20N4O.HI/c20-13-15-5-3-4-14(12-15)8-10-22-19(21)23-17-9-11-24-18-7-2-1-6-16(17)18;/h1-7,12,17H,8-11H2,(H3,21,22,23);1H. The molecule has 1 heterocycles. The van der Waals surface area contributed by atoms with E-state index in [0.29, 0.717) is 24.7 Å². The summed E-state index contributed by atoms with van der Waals surface area (Å²) in [5.74, 6) is 1.34. The molecule has 0 saturated carbocycles. The lowest BCUT2D eigenvalue weighted by molar-refractivity contribution is 0.262. The first-order valence-electron chi connectivity index (χ1n) is 8.03. The smallest absolute Gasteiger partial charge is 0.189 e. The normalized spacial score (nSPS) is 16.0. The SMILES string of the molecule is I.N#Cc1cccc(CCN=C(N)NC2CCOc3ccccc32)c1. The zero-order valence-electron chi connectivity index (χ0n) is 13.8. The maximum absolute atomic E-state index is 8.92. The van der Waals surface area contributed by atoms with Crippen molar-refractivity contribution < 1.29 is 4.74 Å². The van der Waals surface area contributed by atoms with Crippen molar-refractivity contribution in [1.82, 2.24) is 5.32 Å². The van der Waals surface area contributed by atoms with Crippen LogP contribution in [0.3, 0.4) is 0 Å². The van der Waals surface area contributed by atoms with Crippen molar-refractivity contribution in [3.63, 3.8) is 0 Å². The van der Waals surface area contributed by atoms with Crippen LogP contribution in [0.2, 0.25) is 0 Å². The molecule has 1 atom stereocenters. The van der Waals surface area contributed by atoms with Gasteiger partial charge in [0.15, 0.2) is 5.96 Å². The van der Waals surface area contributed by atoms with Crippen LogP contribution in [0, 0.1) is 11.3 Å². The number of nitrogens with one attached hydrogen (secondary N) is 1. The second kappa shape index (κ2) is 9.28. The number of hydrogen-bond donors (Lipinski definition) is 2. The predicted molar refractivity (Wildman–Crippen MR) is 109 cm³/mol. The first-order chi connectivity index (χ1) is 11.8. The van der Waals surface area contributed by atoms with E-state index in [-0.39, 0.29) is 30.0 Å². The molecule has 0 aromatic heterocycles. The summed E-state index contributed by atoms with van der Waals surface area (Å²) in [6.45, 7) is 1.25. The van der Waals surface area contributed by atoms with Crippen molar-refractivity contribution in [2.24, 2.45) is 10.7 Å². The Morgan fingerprint density at radius 2 is 2.12 bits per heavy atom. The van der Waals surface area contributed by atoms with Crippen molar-refractivity contribution in [3.05, 3.63) is 65.2 Å². The highest BCUT2D eigenvalue weighted by Gasteiger charge is 2.21. The summed E-state index contributed by atoms with van der Waals surface area (Å²) in [5, 5.41) is 12.2. The van der Waals surface area contributed by atoms with Crippen LogP contribution in [-0.4, -0.2) is 19.1 Å². The van der Waals surface area contributed by atoms with Crippen LogP contribution < -0.4 is 15.8 Å². The Balaban J connectivity index is 0.00000225. The summed E-state index contributed by atoms with van der Waals surface area (Å²) in [6, 6.07) is 17.8. The fraction of sp³-hybridized carbons (Fsp3) is 0.263. The van der Waals surface area contributed by atoms with E-state index in [9.17, 15) is 0 Å². The fourth-order valence-corrected chi connectivity index (χ4v) is 2.82. The first kappa shape index (κ1) is 19.1. The Morgan fingerprint density at radius 3 is 2.96 bits per heavy atom. The van der Waals surface area contributed by atoms with Crippen LogP contribution in [0.4, 0.5) is 0 Å². The number of halogens is 1. The van der Waals surface area contributed by atoms with Crippen LogP contribution in [0.15, 0.2) is 53.5 Å². The van der Waals surface area contributed by atoms with Gasteiger partial charge in [-0.3, -0.25) is 4.99 Å². The Morgan fingerprint density at radius 1 is 1.28 bits per heavy atom. The minimum Gasteiger partial charge on any atom is -0.493 e. The number of benzene rings is 2. The second-order valence-electron chi connectivity index (χ2n) is 5.70. The molecular weight excluding hydrogens is 427 g/mol. The number of rotatable bonds is 4. The molecule has 3 N–H and O–H groups in total. The van der Waals surface area contributed by atoms with E-state index >= 15 is 0 Å². The Bertz CT molecular complexity index is 785. The van der Waals surface area contributed by atoms with Gasteiger partial charge in [-0.15, -0.1) is 24.0 Å². The molecule has 1 unspecified atom stereocenters. The zero-order valence-corrected chi connectivity index (χ0v) is 16.1. The molecular formula is C19H21IN4O. The van der Waals surface area contributed by atoms with Crippen LogP contribution >= 0.6 is 24.0 Å². The van der Waals surface area contributed by atoms with Crippen LogP contribution in [0.5, 0.6) is 5.75 Å². The average Bonchev–Trinajstić information content (AvgIpc) is 2.62.